The number of carbonyl (C=O) groups is 1. The van der Waals surface area contributed by atoms with Crippen LogP contribution in [0.4, 0.5) is 13.2 Å². The van der Waals surface area contributed by atoms with Gasteiger partial charge in [0.2, 0.25) is 0 Å². The average molecular weight is 352 g/mol. The van der Waals surface area contributed by atoms with Crippen LogP contribution in [-0.4, -0.2) is 25.6 Å². The first-order chi connectivity index (χ1) is 11.7. The fraction of sp³-hybridized carbons (Fsp3) is 0.278. The first kappa shape index (κ1) is 18.8. The van der Waals surface area contributed by atoms with Crippen LogP contribution in [0.25, 0.3) is 11.1 Å². The van der Waals surface area contributed by atoms with Crippen molar-refractivity contribution in [3.05, 3.63) is 53.6 Å². The molecule has 1 atom stereocenters. The van der Waals surface area contributed by atoms with Gasteiger partial charge in [-0.2, -0.15) is 13.2 Å². The Hall–Kier alpha value is -2.54. The van der Waals surface area contributed by atoms with E-state index in [9.17, 15) is 18.0 Å². The summed E-state index contributed by atoms with van der Waals surface area (Å²) >= 11 is 0. The van der Waals surface area contributed by atoms with E-state index in [1.807, 2.05) is 0 Å². The third-order valence-electron chi connectivity index (χ3n) is 3.55. The molecule has 2 aromatic rings. The number of ether oxygens (including phenoxy) is 1. The molecule has 0 radical (unpaired) electrons. The lowest BCUT2D eigenvalue weighted by atomic mass is 9.99. The normalized spacial score (nSPS) is 12.6. The smallest absolute Gasteiger partial charge is 0.416 e. The van der Waals surface area contributed by atoms with Crippen molar-refractivity contribution in [2.75, 3.05) is 13.7 Å². The lowest BCUT2D eigenvalue weighted by molar-refractivity contribution is -0.137. The summed E-state index contributed by atoms with van der Waals surface area (Å²) in [5.74, 6) is -0.0498. The van der Waals surface area contributed by atoms with Gasteiger partial charge in [0.25, 0.3) is 5.91 Å². The third kappa shape index (κ3) is 4.73. The fourth-order valence-electron chi connectivity index (χ4n) is 2.29. The fourth-order valence-corrected chi connectivity index (χ4v) is 2.29. The summed E-state index contributed by atoms with van der Waals surface area (Å²) in [5.41, 5.74) is 5.86. The highest BCUT2D eigenvalue weighted by atomic mass is 19.4. The number of halogens is 3. The Morgan fingerprint density at radius 1 is 1.24 bits per heavy atom. The van der Waals surface area contributed by atoms with Crippen molar-refractivity contribution in [1.29, 1.82) is 0 Å². The van der Waals surface area contributed by atoms with Crippen molar-refractivity contribution in [3.8, 4) is 16.9 Å². The predicted molar refractivity (Wildman–Crippen MR) is 89.4 cm³/mol. The second-order valence-electron chi connectivity index (χ2n) is 5.68. The molecule has 4 nitrogen and oxygen atoms in total. The van der Waals surface area contributed by atoms with Gasteiger partial charge in [-0.1, -0.05) is 12.1 Å². The number of hydrogen-bond donors (Lipinski definition) is 2. The number of hydrogen-bond acceptors (Lipinski definition) is 3. The molecule has 0 saturated carbocycles. The van der Waals surface area contributed by atoms with Gasteiger partial charge in [0.05, 0.1) is 12.7 Å². The lowest BCUT2D eigenvalue weighted by Crippen LogP contribution is -2.35. The number of alkyl halides is 3. The van der Waals surface area contributed by atoms with Gasteiger partial charge in [0, 0.05) is 23.7 Å². The van der Waals surface area contributed by atoms with E-state index in [1.54, 1.807) is 25.1 Å². The molecule has 0 fully saturated rings. The molecule has 2 rings (SSSR count). The molecule has 0 aromatic heterocycles. The highest BCUT2D eigenvalue weighted by Gasteiger charge is 2.31. The molecule has 2 aromatic carbocycles. The number of benzene rings is 2. The minimum absolute atomic E-state index is 0.198. The highest BCUT2D eigenvalue weighted by Crippen LogP contribution is 2.37. The van der Waals surface area contributed by atoms with Crippen molar-refractivity contribution < 1.29 is 22.7 Å². The van der Waals surface area contributed by atoms with Gasteiger partial charge in [0.1, 0.15) is 5.75 Å². The first-order valence-electron chi connectivity index (χ1n) is 7.62. The zero-order chi connectivity index (χ0) is 18.6. The van der Waals surface area contributed by atoms with Gasteiger partial charge in [-0.15, -0.1) is 0 Å². The average Bonchev–Trinajstić information content (AvgIpc) is 2.58. The predicted octanol–water partition coefficient (Wildman–Crippen LogP) is 3.46. The zero-order valence-electron chi connectivity index (χ0n) is 13.9. The maximum absolute atomic E-state index is 13.0. The Balaban J connectivity index is 2.41. The minimum atomic E-state index is -4.47. The summed E-state index contributed by atoms with van der Waals surface area (Å²) in [6, 6.07) is 9.38. The Morgan fingerprint density at radius 2 is 1.96 bits per heavy atom. The van der Waals surface area contributed by atoms with Gasteiger partial charge < -0.3 is 15.8 Å². The van der Waals surface area contributed by atoms with Crippen molar-refractivity contribution >= 4 is 5.91 Å². The molecule has 7 heteroatoms. The van der Waals surface area contributed by atoms with E-state index in [2.05, 4.69) is 5.32 Å². The van der Waals surface area contributed by atoms with Gasteiger partial charge in [-0.3, -0.25) is 4.79 Å². The molecule has 0 unspecified atom stereocenters. The molecule has 3 N–H and O–H groups in total. The van der Waals surface area contributed by atoms with Gasteiger partial charge >= 0.3 is 6.18 Å². The van der Waals surface area contributed by atoms with Crippen molar-refractivity contribution in [2.24, 2.45) is 5.73 Å². The minimum Gasteiger partial charge on any atom is -0.496 e. The van der Waals surface area contributed by atoms with Crippen LogP contribution < -0.4 is 15.8 Å². The van der Waals surface area contributed by atoms with E-state index in [0.29, 0.717) is 23.4 Å². The molecule has 0 spiro atoms. The van der Waals surface area contributed by atoms with E-state index in [-0.39, 0.29) is 17.5 Å². The summed E-state index contributed by atoms with van der Waals surface area (Å²) in [4.78, 5) is 12.1. The first-order valence-corrected chi connectivity index (χ1v) is 7.62. The van der Waals surface area contributed by atoms with Crippen LogP contribution in [-0.2, 0) is 6.18 Å². The number of carbonyl (C=O) groups excluding carboxylic acids is 1. The molecule has 1 amide bonds. The summed E-state index contributed by atoms with van der Waals surface area (Å²) < 4.78 is 44.1. The van der Waals surface area contributed by atoms with E-state index < -0.39 is 11.7 Å². The van der Waals surface area contributed by atoms with Crippen molar-refractivity contribution in [1.82, 2.24) is 5.32 Å². The van der Waals surface area contributed by atoms with Gasteiger partial charge in [-0.05, 0) is 42.8 Å². The van der Waals surface area contributed by atoms with Crippen molar-refractivity contribution in [3.63, 3.8) is 0 Å². The maximum Gasteiger partial charge on any atom is 0.416 e. The highest BCUT2D eigenvalue weighted by molar-refractivity contribution is 5.95. The molecule has 25 heavy (non-hydrogen) atoms. The second kappa shape index (κ2) is 7.57. The molecular weight excluding hydrogens is 333 g/mol. The zero-order valence-corrected chi connectivity index (χ0v) is 13.9. The summed E-state index contributed by atoms with van der Waals surface area (Å²) in [5, 5.41) is 2.67. The van der Waals surface area contributed by atoms with Crippen LogP contribution in [0.3, 0.4) is 0 Å². The Labute approximate surface area is 143 Å². The number of rotatable bonds is 5. The summed E-state index contributed by atoms with van der Waals surface area (Å²) in [6.07, 6.45) is -4.47. The standard InChI is InChI=1S/C18H19F3N2O2/c1-11(22)10-23-17(24)13-5-3-4-12(8-13)15-9-14(18(19,20)21)6-7-16(15)25-2/h3-9,11H,10,22H2,1-2H3,(H,23,24)/t11-/m0/s1. The molecule has 134 valence electrons. The van der Waals surface area contributed by atoms with Gasteiger partial charge in [0.15, 0.2) is 0 Å². The number of nitrogens with one attached hydrogen (secondary N) is 1. The van der Waals surface area contributed by atoms with E-state index in [0.717, 1.165) is 12.1 Å². The topological polar surface area (TPSA) is 64.3 Å². The SMILES string of the molecule is COc1ccc(C(F)(F)F)cc1-c1cccc(C(=O)NC[C@H](C)N)c1. The summed E-state index contributed by atoms with van der Waals surface area (Å²) in [6.45, 7) is 2.06. The molecule has 0 aliphatic carbocycles. The van der Waals surface area contributed by atoms with Gasteiger partial charge in [-0.25, -0.2) is 0 Å². The Morgan fingerprint density at radius 3 is 2.56 bits per heavy atom. The molecule has 0 bridgehead atoms. The Kier molecular flexibility index (Phi) is 5.69. The monoisotopic (exact) mass is 352 g/mol. The van der Waals surface area contributed by atoms with Crippen LogP contribution in [0.1, 0.15) is 22.8 Å². The molecular formula is C18H19F3N2O2. The molecule has 0 saturated heterocycles. The second-order valence-corrected chi connectivity index (χ2v) is 5.68. The maximum atomic E-state index is 13.0. The molecule has 0 aliphatic rings. The number of methoxy groups -OCH3 is 1. The number of amides is 1. The van der Waals surface area contributed by atoms with Crippen LogP contribution in [0.15, 0.2) is 42.5 Å². The molecule has 0 heterocycles. The van der Waals surface area contributed by atoms with Crippen LogP contribution in [0.2, 0.25) is 0 Å². The van der Waals surface area contributed by atoms with Crippen LogP contribution in [0, 0.1) is 0 Å². The van der Waals surface area contributed by atoms with Crippen LogP contribution in [0.5, 0.6) is 5.75 Å². The van der Waals surface area contributed by atoms with Crippen molar-refractivity contribution in [2.45, 2.75) is 19.1 Å². The molecule has 0 aliphatic heterocycles. The number of nitrogens with two attached hydrogens (primary N) is 1. The van der Waals surface area contributed by atoms with E-state index >= 15 is 0 Å². The van der Waals surface area contributed by atoms with E-state index in [1.165, 1.54) is 19.2 Å². The van der Waals surface area contributed by atoms with Crippen LogP contribution >= 0.6 is 0 Å². The largest absolute Gasteiger partial charge is 0.496 e. The third-order valence-corrected chi connectivity index (χ3v) is 3.55. The Bertz CT molecular complexity index is 758. The lowest BCUT2D eigenvalue weighted by Gasteiger charge is -2.14. The summed E-state index contributed by atoms with van der Waals surface area (Å²) in [7, 11) is 1.38. The quantitative estimate of drug-likeness (QED) is 0.866. The van der Waals surface area contributed by atoms with E-state index in [4.69, 9.17) is 10.5 Å².